The Morgan fingerprint density at radius 1 is 1.13 bits per heavy atom. The fourth-order valence-electron chi connectivity index (χ4n) is 3.03. The molecule has 7 heteroatoms. The van der Waals surface area contributed by atoms with Gasteiger partial charge < -0.3 is 19.2 Å². The molecule has 0 bridgehead atoms. The second-order valence-electron chi connectivity index (χ2n) is 6.53. The molecule has 0 aliphatic heterocycles. The first-order valence-corrected chi connectivity index (χ1v) is 9.30. The quantitative estimate of drug-likeness (QED) is 0.396. The molecule has 0 N–H and O–H groups in total. The predicted molar refractivity (Wildman–Crippen MR) is 110 cm³/mol. The van der Waals surface area contributed by atoms with Crippen molar-refractivity contribution in [1.82, 2.24) is 4.57 Å². The van der Waals surface area contributed by atoms with Crippen molar-refractivity contribution < 1.29 is 70.8 Å². The summed E-state index contributed by atoms with van der Waals surface area (Å²) >= 11 is 5.86. The van der Waals surface area contributed by atoms with Crippen molar-refractivity contribution in [2.75, 3.05) is 7.11 Å². The fourth-order valence-corrected chi connectivity index (χ4v) is 3.20. The number of allylic oxidation sites excluding steroid dienone is 1. The second-order valence-corrected chi connectivity index (χ2v) is 6.97. The molecule has 0 unspecified atom stereocenters. The van der Waals surface area contributed by atoms with Gasteiger partial charge in [-0.15, -0.1) is 0 Å². The summed E-state index contributed by atoms with van der Waals surface area (Å²) in [5.74, 6) is -0.710. The number of nitrogens with zero attached hydrogens (tertiary/aromatic N) is 1. The van der Waals surface area contributed by atoms with Crippen molar-refractivity contribution >= 4 is 29.4 Å². The van der Waals surface area contributed by atoms with Crippen molar-refractivity contribution in [1.29, 1.82) is 0 Å². The number of aromatic carboxylic acids is 1. The normalized spacial score (nSPS) is 10.6. The maximum atomic E-state index is 12.9. The van der Waals surface area contributed by atoms with Crippen LogP contribution >= 0.6 is 11.6 Å². The number of carbonyl (C=O) groups is 2. The summed E-state index contributed by atoms with van der Waals surface area (Å²) in [5.41, 5.74) is 2.57. The van der Waals surface area contributed by atoms with E-state index in [1.165, 1.54) is 6.07 Å². The molecule has 2 aromatic carbocycles. The summed E-state index contributed by atoms with van der Waals surface area (Å²) in [4.78, 5) is 24.2. The summed E-state index contributed by atoms with van der Waals surface area (Å²) in [6.45, 7) is 2.32. The molecule has 0 atom stereocenters. The zero-order valence-electron chi connectivity index (χ0n) is 17.0. The molecule has 0 aliphatic carbocycles. The number of benzene rings is 2. The van der Waals surface area contributed by atoms with Gasteiger partial charge >= 0.3 is 51.4 Å². The summed E-state index contributed by atoms with van der Waals surface area (Å²) in [5, 5.41) is 11.6. The van der Waals surface area contributed by atoms with Crippen LogP contribution in [0.15, 0.2) is 60.8 Å². The van der Waals surface area contributed by atoms with Gasteiger partial charge in [-0.1, -0.05) is 29.8 Å². The van der Waals surface area contributed by atoms with Gasteiger partial charge in [0.25, 0.3) is 0 Å². The Labute approximate surface area is 222 Å². The van der Waals surface area contributed by atoms with E-state index < -0.39 is 5.97 Å². The number of rotatable bonds is 7. The molecule has 1 aromatic heterocycles. The van der Waals surface area contributed by atoms with E-state index in [1.54, 1.807) is 55.7 Å². The molecule has 0 aliphatic rings. The summed E-state index contributed by atoms with van der Waals surface area (Å²) in [6, 6.07) is 13.4. The Kier molecular flexibility index (Phi) is 9.09. The van der Waals surface area contributed by atoms with Crippen LogP contribution in [0.5, 0.6) is 5.75 Å². The third-order valence-electron chi connectivity index (χ3n) is 4.45. The van der Waals surface area contributed by atoms with Gasteiger partial charge in [-0.05, 0) is 60.5 Å². The monoisotopic (exact) mass is 447 g/mol. The number of hydrogen-bond donors (Lipinski definition) is 0. The van der Waals surface area contributed by atoms with Crippen LogP contribution in [-0.4, -0.2) is 23.4 Å². The Bertz CT molecular complexity index is 1090. The van der Waals surface area contributed by atoms with Crippen molar-refractivity contribution in [2.24, 2.45) is 0 Å². The van der Waals surface area contributed by atoms with Gasteiger partial charge in [-0.2, -0.15) is 0 Å². The van der Waals surface area contributed by atoms with E-state index >= 15 is 0 Å². The Morgan fingerprint density at radius 2 is 1.83 bits per heavy atom. The van der Waals surface area contributed by atoms with Gasteiger partial charge in [0.2, 0.25) is 5.78 Å². The van der Waals surface area contributed by atoms with Gasteiger partial charge in [0.05, 0.1) is 18.8 Å². The van der Waals surface area contributed by atoms with Crippen LogP contribution in [0.25, 0.3) is 6.08 Å². The number of ether oxygens (including phenoxy) is 1. The summed E-state index contributed by atoms with van der Waals surface area (Å²) in [7, 11) is 1.57. The van der Waals surface area contributed by atoms with Crippen LogP contribution in [-0.2, 0) is 6.54 Å². The van der Waals surface area contributed by atoms with Crippen LogP contribution in [0, 0.1) is 6.92 Å². The number of methoxy groups -OCH3 is 1. The van der Waals surface area contributed by atoms with E-state index in [0.717, 1.165) is 5.56 Å². The van der Waals surface area contributed by atoms with Crippen molar-refractivity contribution in [3.63, 3.8) is 0 Å². The Hall–Kier alpha value is -1.67. The summed E-state index contributed by atoms with van der Waals surface area (Å²) < 4.78 is 6.96. The number of aromatic nitrogens is 1. The first-order valence-electron chi connectivity index (χ1n) is 8.92. The molecule has 0 radical (unpaired) electrons. The molecule has 0 saturated heterocycles. The molecule has 0 amide bonds. The topological polar surface area (TPSA) is 71.4 Å². The zero-order valence-corrected chi connectivity index (χ0v) is 20.9. The number of carboxylic acids is 1. The number of carbonyl (C=O) groups excluding carboxylic acids is 2. The minimum atomic E-state index is -1.29. The molecule has 0 saturated carbocycles. The van der Waals surface area contributed by atoms with Gasteiger partial charge in [0, 0.05) is 28.9 Å². The van der Waals surface area contributed by atoms with E-state index in [1.807, 2.05) is 23.8 Å². The third-order valence-corrected chi connectivity index (χ3v) is 4.69. The van der Waals surface area contributed by atoms with Gasteiger partial charge in [-0.25, -0.2) is 0 Å². The average molecular weight is 448 g/mol. The van der Waals surface area contributed by atoms with E-state index in [2.05, 4.69) is 0 Å². The molecular formula is C23H19ClKNO4. The van der Waals surface area contributed by atoms with Crippen LogP contribution < -0.4 is 61.2 Å². The molecular weight excluding hydrogens is 429 g/mol. The number of ketones is 1. The van der Waals surface area contributed by atoms with Crippen LogP contribution in [0.4, 0.5) is 0 Å². The SMILES string of the molecule is COc1ccc(C(=O)c2cc(C)cn2C/C=C/c2ccc(Cl)cc2C(=O)[O-])cc1.[K+]. The predicted octanol–water partition coefficient (Wildman–Crippen LogP) is 0.770. The van der Waals surface area contributed by atoms with E-state index in [4.69, 9.17) is 16.3 Å². The van der Waals surface area contributed by atoms with Gasteiger partial charge in [0.1, 0.15) is 5.75 Å². The molecule has 3 rings (SSSR count). The van der Waals surface area contributed by atoms with Gasteiger partial charge in [0.15, 0.2) is 0 Å². The van der Waals surface area contributed by atoms with E-state index in [0.29, 0.717) is 34.1 Å². The number of halogens is 1. The van der Waals surface area contributed by atoms with Crippen LogP contribution in [0.1, 0.15) is 37.5 Å². The molecule has 30 heavy (non-hydrogen) atoms. The minimum Gasteiger partial charge on any atom is -0.545 e. The fraction of sp³-hybridized carbons (Fsp3) is 0.130. The molecule has 148 valence electrons. The van der Waals surface area contributed by atoms with E-state index in [-0.39, 0.29) is 62.7 Å². The molecule has 0 spiro atoms. The smallest absolute Gasteiger partial charge is 0.545 e. The first kappa shape index (κ1) is 24.6. The maximum absolute atomic E-state index is 12.9. The number of hydrogen-bond acceptors (Lipinski definition) is 4. The van der Waals surface area contributed by atoms with Crippen LogP contribution in [0.3, 0.4) is 0 Å². The second kappa shape index (κ2) is 11.1. The molecule has 5 nitrogen and oxygen atoms in total. The molecule has 0 fully saturated rings. The first-order chi connectivity index (χ1) is 13.9. The summed E-state index contributed by atoms with van der Waals surface area (Å²) in [6.07, 6.45) is 5.35. The van der Waals surface area contributed by atoms with E-state index in [9.17, 15) is 14.7 Å². The van der Waals surface area contributed by atoms with Gasteiger partial charge in [-0.3, -0.25) is 4.79 Å². The van der Waals surface area contributed by atoms with Crippen LogP contribution in [0.2, 0.25) is 5.02 Å². The standard InChI is InChI=1S/C23H20ClNO4.K/c1-15-12-21(22(26)17-6-9-19(29-2)10-7-17)25(14-15)11-3-4-16-5-8-18(24)13-20(16)23(27)28;/h3-10,12-14H,11H2,1-2H3,(H,27,28);/q;+1/p-1/b4-3+;. The zero-order chi connectivity index (χ0) is 21.0. The number of aryl methyl sites for hydroxylation is 1. The maximum Gasteiger partial charge on any atom is 1.00 e. The number of carboxylic acid groups (broad SMARTS) is 1. The average Bonchev–Trinajstić information content (AvgIpc) is 3.08. The molecule has 1 heterocycles. The van der Waals surface area contributed by atoms with Crippen molar-refractivity contribution in [2.45, 2.75) is 13.5 Å². The Balaban J connectivity index is 0.00000320. The Morgan fingerprint density at radius 3 is 2.47 bits per heavy atom. The molecule has 3 aromatic rings. The largest absolute Gasteiger partial charge is 1.00 e. The third kappa shape index (κ3) is 5.94. The van der Waals surface area contributed by atoms with Crippen molar-refractivity contribution in [3.8, 4) is 5.75 Å². The van der Waals surface area contributed by atoms with Crippen molar-refractivity contribution in [3.05, 3.63) is 93.8 Å². The minimum absolute atomic E-state index is 0.